The van der Waals surface area contributed by atoms with Crippen LogP contribution >= 0.6 is 11.6 Å². The number of halogens is 1. The molecule has 0 bridgehead atoms. The Kier molecular flexibility index (Phi) is 6.93. The molecule has 2 aromatic carbocycles. The van der Waals surface area contributed by atoms with Gasteiger partial charge in [-0.15, -0.1) is 0 Å². The summed E-state index contributed by atoms with van der Waals surface area (Å²) in [5, 5.41) is 40.3. The van der Waals surface area contributed by atoms with Crippen LogP contribution in [0.15, 0.2) is 42.5 Å². The van der Waals surface area contributed by atoms with Crippen LogP contribution in [0.2, 0.25) is 5.02 Å². The van der Waals surface area contributed by atoms with Crippen molar-refractivity contribution in [1.29, 1.82) is 0 Å². The molecule has 3 rings (SSSR count). The van der Waals surface area contributed by atoms with Crippen LogP contribution < -0.4 is 4.74 Å². The molecular formula is C21H25ClO6. The first-order valence-electron chi connectivity index (χ1n) is 9.25. The van der Waals surface area contributed by atoms with E-state index in [0.717, 1.165) is 16.9 Å². The maximum absolute atomic E-state index is 10.3. The number of aliphatic hydroxyl groups is 4. The second-order valence-corrected chi connectivity index (χ2v) is 7.26. The molecule has 1 aliphatic rings. The van der Waals surface area contributed by atoms with Gasteiger partial charge in [-0.2, -0.15) is 0 Å². The highest BCUT2D eigenvalue weighted by atomic mass is 35.5. The fourth-order valence-corrected chi connectivity index (χ4v) is 3.56. The van der Waals surface area contributed by atoms with Gasteiger partial charge in [0.05, 0.1) is 13.2 Å². The summed E-state index contributed by atoms with van der Waals surface area (Å²) in [7, 11) is 0. The average molecular weight is 409 g/mol. The van der Waals surface area contributed by atoms with E-state index in [1.165, 1.54) is 0 Å². The Balaban J connectivity index is 1.82. The van der Waals surface area contributed by atoms with E-state index in [2.05, 4.69) is 0 Å². The molecule has 0 aliphatic carbocycles. The summed E-state index contributed by atoms with van der Waals surface area (Å²) >= 11 is 6.35. The largest absolute Gasteiger partial charge is 0.494 e. The second-order valence-electron chi connectivity index (χ2n) is 6.85. The smallest absolute Gasteiger partial charge is 0.119 e. The van der Waals surface area contributed by atoms with Crippen LogP contribution in [-0.2, 0) is 11.2 Å². The number of ether oxygens (including phenoxy) is 2. The summed E-state index contributed by atoms with van der Waals surface area (Å²) in [4.78, 5) is 0. The first kappa shape index (κ1) is 21.0. The van der Waals surface area contributed by atoms with E-state index in [9.17, 15) is 20.4 Å². The summed E-state index contributed by atoms with van der Waals surface area (Å²) in [6.07, 6.45) is -5.39. The van der Waals surface area contributed by atoms with Gasteiger partial charge in [0.15, 0.2) is 0 Å². The van der Waals surface area contributed by atoms with E-state index < -0.39 is 37.1 Å². The molecule has 1 heterocycles. The van der Waals surface area contributed by atoms with Crippen LogP contribution in [0, 0.1) is 0 Å². The van der Waals surface area contributed by atoms with Crippen LogP contribution in [0.25, 0.3) is 0 Å². The molecule has 0 saturated carbocycles. The third-order valence-corrected chi connectivity index (χ3v) is 5.29. The quantitative estimate of drug-likeness (QED) is 0.582. The Bertz CT molecular complexity index is 779. The minimum absolute atomic E-state index is 0.464. The van der Waals surface area contributed by atoms with Gasteiger partial charge >= 0.3 is 0 Å². The van der Waals surface area contributed by atoms with Gasteiger partial charge in [0, 0.05) is 5.02 Å². The summed E-state index contributed by atoms with van der Waals surface area (Å²) in [6.45, 7) is 2.07. The predicted molar refractivity (Wildman–Crippen MR) is 105 cm³/mol. The molecule has 7 heteroatoms. The molecule has 1 aliphatic heterocycles. The average Bonchev–Trinajstić information content (AvgIpc) is 2.70. The summed E-state index contributed by atoms with van der Waals surface area (Å²) < 4.78 is 11.1. The zero-order valence-electron chi connectivity index (χ0n) is 15.5. The van der Waals surface area contributed by atoms with Crippen molar-refractivity contribution >= 4 is 11.6 Å². The number of aliphatic hydroxyl groups excluding tert-OH is 4. The Morgan fingerprint density at radius 2 is 1.71 bits per heavy atom. The molecule has 6 nitrogen and oxygen atoms in total. The van der Waals surface area contributed by atoms with Crippen LogP contribution in [-0.4, -0.2) is 58.1 Å². The van der Waals surface area contributed by atoms with Gasteiger partial charge in [-0.05, 0) is 48.2 Å². The van der Waals surface area contributed by atoms with Crippen molar-refractivity contribution in [3.8, 4) is 5.75 Å². The van der Waals surface area contributed by atoms with E-state index in [4.69, 9.17) is 21.1 Å². The second kappa shape index (κ2) is 9.22. The van der Waals surface area contributed by atoms with E-state index in [0.29, 0.717) is 23.6 Å². The Morgan fingerprint density at radius 1 is 1.00 bits per heavy atom. The van der Waals surface area contributed by atoms with Crippen molar-refractivity contribution in [2.45, 2.75) is 43.9 Å². The molecule has 5 atom stereocenters. The molecule has 4 N–H and O–H groups in total. The van der Waals surface area contributed by atoms with E-state index in [1.54, 1.807) is 12.1 Å². The third-order valence-electron chi connectivity index (χ3n) is 4.92. The summed E-state index contributed by atoms with van der Waals surface area (Å²) in [6, 6.07) is 12.9. The van der Waals surface area contributed by atoms with Crippen LogP contribution in [0.3, 0.4) is 0 Å². The minimum Gasteiger partial charge on any atom is -0.494 e. The SMILES string of the molecule is CCOc1ccc(Cc2cc(C3O[C@H](CO)[C@@H](O)[C@H](O)[C@H]3O)ccc2Cl)cc1. The number of rotatable bonds is 6. The number of hydrogen-bond donors (Lipinski definition) is 4. The maximum Gasteiger partial charge on any atom is 0.119 e. The van der Waals surface area contributed by atoms with Gasteiger partial charge in [0.25, 0.3) is 0 Å². The molecule has 0 spiro atoms. The topological polar surface area (TPSA) is 99.4 Å². The van der Waals surface area contributed by atoms with Crippen LogP contribution in [0.5, 0.6) is 5.75 Å². The lowest BCUT2D eigenvalue weighted by molar-refractivity contribution is -0.231. The lowest BCUT2D eigenvalue weighted by atomic mass is 9.90. The van der Waals surface area contributed by atoms with Crippen molar-refractivity contribution in [3.05, 3.63) is 64.2 Å². The first-order valence-corrected chi connectivity index (χ1v) is 9.63. The van der Waals surface area contributed by atoms with Gasteiger partial charge in [-0.1, -0.05) is 35.9 Å². The number of benzene rings is 2. The molecule has 28 heavy (non-hydrogen) atoms. The van der Waals surface area contributed by atoms with Gasteiger partial charge in [0.2, 0.25) is 0 Å². The molecule has 0 aromatic heterocycles. The fourth-order valence-electron chi connectivity index (χ4n) is 3.37. The lowest BCUT2D eigenvalue weighted by Crippen LogP contribution is -2.55. The zero-order valence-corrected chi connectivity index (χ0v) is 16.3. The highest BCUT2D eigenvalue weighted by Gasteiger charge is 2.43. The van der Waals surface area contributed by atoms with Gasteiger partial charge < -0.3 is 29.9 Å². The maximum atomic E-state index is 10.3. The van der Waals surface area contributed by atoms with Crippen molar-refractivity contribution in [1.82, 2.24) is 0 Å². The van der Waals surface area contributed by atoms with Gasteiger partial charge in [0.1, 0.15) is 36.3 Å². The van der Waals surface area contributed by atoms with E-state index >= 15 is 0 Å². The Labute approximate surface area is 168 Å². The Morgan fingerprint density at radius 3 is 2.36 bits per heavy atom. The fraction of sp³-hybridized carbons (Fsp3) is 0.429. The highest BCUT2D eigenvalue weighted by molar-refractivity contribution is 6.31. The van der Waals surface area contributed by atoms with Crippen molar-refractivity contribution < 1.29 is 29.9 Å². The normalized spacial score (nSPS) is 27.6. The third kappa shape index (κ3) is 4.49. The van der Waals surface area contributed by atoms with E-state index in [-0.39, 0.29) is 0 Å². The molecular weight excluding hydrogens is 384 g/mol. The van der Waals surface area contributed by atoms with Crippen molar-refractivity contribution in [3.63, 3.8) is 0 Å². The van der Waals surface area contributed by atoms with Crippen LogP contribution in [0.1, 0.15) is 29.7 Å². The predicted octanol–water partition coefficient (Wildman–Crippen LogP) is 1.84. The zero-order chi connectivity index (χ0) is 20.3. The van der Waals surface area contributed by atoms with Crippen molar-refractivity contribution in [2.24, 2.45) is 0 Å². The number of hydrogen-bond acceptors (Lipinski definition) is 6. The van der Waals surface area contributed by atoms with E-state index in [1.807, 2.05) is 37.3 Å². The molecule has 1 saturated heterocycles. The molecule has 152 valence electrons. The molecule has 1 fully saturated rings. The summed E-state index contributed by atoms with van der Waals surface area (Å²) in [5.41, 5.74) is 2.49. The summed E-state index contributed by atoms with van der Waals surface area (Å²) in [5.74, 6) is 0.799. The Hall–Kier alpha value is -1.67. The van der Waals surface area contributed by atoms with Crippen molar-refractivity contribution in [2.75, 3.05) is 13.2 Å². The van der Waals surface area contributed by atoms with Gasteiger partial charge in [-0.3, -0.25) is 0 Å². The highest BCUT2D eigenvalue weighted by Crippen LogP contribution is 2.34. The lowest BCUT2D eigenvalue weighted by Gasteiger charge is -2.40. The minimum atomic E-state index is -1.42. The molecule has 2 aromatic rings. The molecule has 1 unspecified atom stereocenters. The molecule has 0 radical (unpaired) electrons. The molecule has 0 amide bonds. The van der Waals surface area contributed by atoms with Gasteiger partial charge in [-0.25, -0.2) is 0 Å². The monoisotopic (exact) mass is 408 g/mol. The first-order chi connectivity index (χ1) is 13.4. The standard InChI is InChI=1S/C21H25ClO6/c1-2-27-15-6-3-12(4-7-15)9-14-10-13(5-8-16(14)22)21-20(26)19(25)18(24)17(11-23)28-21/h3-8,10,17-21,23-26H,2,9,11H2,1H3/t17-,18-,19+,20-,21?/m1/s1. The van der Waals surface area contributed by atoms with Crippen LogP contribution in [0.4, 0.5) is 0 Å².